The van der Waals surface area contributed by atoms with Crippen molar-refractivity contribution in [3.8, 4) is 0 Å². The molecule has 0 aromatic heterocycles. The standard InChI is InChI=1S/C20H25N3O3S/c1-3-22(4-2)27(25,26)18-11-9-16(10-12-18)15-21-20(24)23-14-13-17-7-5-6-8-19(17)23/h5-12H,3-4,13-15H2,1-2H3,(H,21,24). The zero-order valence-electron chi connectivity index (χ0n) is 15.7. The predicted molar refractivity (Wildman–Crippen MR) is 106 cm³/mol. The Morgan fingerprint density at radius 1 is 1.07 bits per heavy atom. The second kappa shape index (κ2) is 8.10. The SMILES string of the molecule is CCN(CC)S(=O)(=O)c1ccc(CNC(=O)N2CCc3ccccc32)cc1. The third kappa shape index (κ3) is 3.99. The molecule has 0 aliphatic carbocycles. The predicted octanol–water partition coefficient (Wildman–Crippen LogP) is 2.99. The molecule has 7 heteroatoms. The van der Waals surface area contributed by atoms with Crippen LogP contribution in [0.25, 0.3) is 0 Å². The van der Waals surface area contributed by atoms with E-state index < -0.39 is 10.0 Å². The molecule has 1 aliphatic rings. The molecular weight excluding hydrogens is 362 g/mol. The Morgan fingerprint density at radius 3 is 2.41 bits per heavy atom. The molecule has 0 unspecified atom stereocenters. The number of carbonyl (C=O) groups excluding carboxylic acids is 1. The second-order valence-corrected chi connectivity index (χ2v) is 8.36. The van der Waals surface area contributed by atoms with E-state index in [0.29, 0.717) is 26.2 Å². The van der Waals surface area contributed by atoms with Crippen molar-refractivity contribution in [3.05, 3.63) is 59.7 Å². The number of benzene rings is 2. The number of nitrogens with zero attached hydrogens (tertiary/aromatic N) is 2. The number of carbonyl (C=O) groups is 1. The van der Waals surface area contributed by atoms with Gasteiger partial charge in [-0.05, 0) is 35.7 Å². The minimum atomic E-state index is -3.46. The maximum absolute atomic E-state index is 12.5. The van der Waals surface area contributed by atoms with Crippen molar-refractivity contribution in [2.24, 2.45) is 0 Å². The van der Waals surface area contributed by atoms with Gasteiger partial charge in [0.1, 0.15) is 0 Å². The van der Waals surface area contributed by atoms with E-state index in [1.165, 1.54) is 9.87 Å². The van der Waals surface area contributed by atoms with E-state index in [9.17, 15) is 13.2 Å². The lowest BCUT2D eigenvalue weighted by Gasteiger charge is -2.19. The highest BCUT2D eigenvalue weighted by molar-refractivity contribution is 7.89. The molecule has 1 aliphatic heterocycles. The van der Waals surface area contributed by atoms with Gasteiger partial charge in [0.15, 0.2) is 0 Å². The van der Waals surface area contributed by atoms with Gasteiger partial charge in [0, 0.05) is 31.9 Å². The van der Waals surface area contributed by atoms with Gasteiger partial charge >= 0.3 is 6.03 Å². The molecule has 144 valence electrons. The van der Waals surface area contributed by atoms with Crippen LogP contribution in [-0.2, 0) is 23.0 Å². The van der Waals surface area contributed by atoms with E-state index in [1.807, 2.05) is 38.1 Å². The first kappa shape index (κ1) is 19.4. The topological polar surface area (TPSA) is 69.7 Å². The highest BCUT2D eigenvalue weighted by atomic mass is 32.2. The monoisotopic (exact) mass is 387 g/mol. The van der Waals surface area contributed by atoms with E-state index in [0.717, 1.165) is 17.7 Å². The first-order chi connectivity index (χ1) is 13.0. The van der Waals surface area contributed by atoms with Gasteiger partial charge in [0.05, 0.1) is 4.90 Å². The summed E-state index contributed by atoms with van der Waals surface area (Å²) < 4.78 is 26.4. The summed E-state index contributed by atoms with van der Waals surface area (Å²) in [4.78, 5) is 14.5. The Labute approximate surface area is 160 Å². The lowest BCUT2D eigenvalue weighted by molar-refractivity contribution is 0.246. The molecular formula is C20H25N3O3S. The van der Waals surface area contributed by atoms with Crippen LogP contribution >= 0.6 is 0 Å². The fourth-order valence-corrected chi connectivity index (χ4v) is 4.77. The number of amides is 2. The van der Waals surface area contributed by atoms with Crippen molar-refractivity contribution in [1.29, 1.82) is 0 Å². The zero-order valence-corrected chi connectivity index (χ0v) is 16.5. The van der Waals surface area contributed by atoms with Gasteiger partial charge in [-0.2, -0.15) is 4.31 Å². The molecule has 0 saturated carbocycles. The van der Waals surface area contributed by atoms with Gasteiger partial charge < -0.3 is 5.32 Å². The third-order valence-corrected chi connectivity index (χ3v) is 6.91. The number of urea groups is 1. The number of fused-ring (bicyclic) bond motifs is 1. The van der Waals surface area contributed by atoms with Gasteiger partial charge in [0.2, 0.25) is 10.0 Å². The normalized spacial score (nSPS) is 13.7. The lowest BCUT2D eigenvalue weighted by Crippen LogP contribution is -2.38. The first-order valence-corrected chi connectivity index (χ1v) is 10.6. The maximum atomic E-state index is 12.5. The van der Waals surface area contributed by atoms with E-state index in [-0.39, 0.29) is 10.9 Å². The van der Waals surface area contributed by atoms with Crippen LogP contribution in [0.15, 0.2) is 53.4 Å². The summed E-state index contributed by atoms with van der Waals surface area (Å²) >= 11 is 0. The van der Waals surface area contributed by atoms with Gasteiger partial charge in [-0.1, -0.05) is 44.2 Å². The molecule has 0 atom stereocenters. The molecule has 0 spiro atoms. The van der Waals surface area contributed by atoms with Crippen LogP contribution in [0.2, 0.25) is 0 Å². The van der Waals surface area contributed by atoms with Crippen molar-refractivity contribution in [2.75, 3.05) is 24.5 Å². The molecule has 0 bridgehead atoms. The molecule has 2 amide bonds. The molecule has 1 heterocycles. The molecule has 2 aromatic rings. The van der Waals surface area contributed by atoms with Crippen LogP contribution in [0, 0.1) is 0 Å². The highest BCUT2D eigenvalue weighted by Gasteiger charge is 2.24. The van der Waals surface area contributed by atoms with Crippen molar-refractivity contribution < 1.29 is 13.2 Å². The number of anilines is 1. The third-order valence-electron chi connectivity index (χ3n) is 4.84. The quantitative estimate of drug-likeness (QED) is 0.828. The Balaban J connectivity index is 1.63. The largest absolute Gasteiger partial charge is 0.334 e. The first-order valence-electron chi connectivity index (χ1n) is 9.19. The van der Waals surface area contributed by atoms with Gasteiger partial charge in [-0.3, -0.25) is 4.90 Å². The lowest BCUT2D eigenvalue weighted by atomic mass is 10.2. The molecule has 1 N–H and O–H groups in total. The summed E-state index contributed by atoms with van der Waals surface area (Å²) in [6, 6.07) is 14.4. The van der Waals surface area contributed by atoms with E-state index in [1.54, 1.807) is 29.2 Å². The summed E-state index contributed by atoms with van der Waals surface area (Å²) in [5.74, 6) is 0. The Kier molecular flexibility index (Phi) is 5.82. The molecule has 0 radical (unpaired) electrons. The second-order valence-electron chi connectivity index (χ2n) is 6.42. The molecule has 0 fully saturated rings. The van der Waals surface area contributed by atoms with E-state index >= 15 is 0 Å². The van der Waals surface area contributed by atoms with Gasteiger partial charge in [0.25, 0.3) is 0 Å². The van der Waals surface area contributed by atoms with Gasteiger partial charge in [-0.15, -0.1) is 0 Å². The van der Waals surface area contributed by atoms with Crippen LogP contribution < -0.4 is 10.2 Å². The summed E-state index contributed by atoms with van der Waals surface area (Å²) in [6.07, 6.45) is 0.863. The minimum absolute atomic E-state index is 0.139. The van der Waals surface area contributed by atoms with Crippen molar-refractivity contribution in [3.63, 3.8) is 0 Å². The van der Waals surface area contributed by atoms with Crippen LogP contribution in [0.3, 0.4) is 0 Å². The number of sulfonamides is 1. The Morgan fingerprint density at radius 2 is 1.74 bits per heavy atom. The van der Waals surface area contributed by atoms with E-state index in [4.69, 9.17) is 0 Å². The van der Waals surface area contributed by atoms with Crippen LogP contribution in [-0.4, -0.2) is 38.4 Å². The number of para-hydroxylation sites is 1. The van der Waals surface area contributed by atoms with Crippen molar-refractivity contribution in [1.82, 2.24) is 9.62 Å². The summed E-state index contributed by atoms with van der Waals surface area (Å²) in [5, 5.41) is 2.91. The van der Waals surface area contributed by atoms with Crippen LogP contribution in [0.4, 0.5) is 10.5 Å². The molecule has 27 heavy (non-hydrogen) atoms. The highest BCUT2D eigenvalue weighted by Crippen LogP contribution is 2.27. The fourth-order valence-electron chi connectivity index (χ4n) is 3.31. The summed E-state index contributed by atoms with van der Waals surface area (Å²) in [6.45, 7) is 5.54. The average Bonchev–Trinajstić information content (AvgIpc) is 3.11. The number of rotatable bonds is 6. The van der Waals surface area contributed by atoms with Crippen LogP contribution in [0.1, 0.15) is 25.0 Å². The smallest absolute Gasteiger partial charge is 0.322 e. The summed E-state index contributed by atoms with van der Waals surface area (Å²) in [7, 11) is -3.46. The molecule has 3 rings (SSSR count). The number of hydrogen-bond donors (Lipinski definition) is 1. The molecule has 0 saturated heterocycles. The zero-order chi connectivity index (χ0) is 19.4. The van der Waals surface area contributed by atoms with Crippen LogP contribution in [0.5, 0.6) is 0 Å². The summed E-state index contributed by atoms with van der Waals surface area (Å²) in [5.41, 5.74) is 2.99. The maximum Gasteiger partial charge on any atom is 0.322 e. The average molecular weight is 388 g/mol. The van der Waals surface area contributed by atoms with E-state index in [2.05, 4.69) is 5.32 Å². The van der Waals surface area contributed by atoms with Crippen molar-refractivity contribution in [2.45, 2.75) is 31.7 Å². The number of nitrogens with one attached hydrogen (secondary N) is 1. The Bertz CT molecular complexity index is 906. The minimum Gasteiger partial charge on any atom is -0.334 e. The van der Waals surface area contributed by atoms with Gasteiger partial charge in [-0.25, -0.2) is 13.2 Å². The molecule has 2 aromatic carbocycles. The Hall–Kier alpha value is -2.38. The fraction of sp³-hybridized carbons (Fsp3) is 0.350. The molecule has 6 nitrogen and oxygen atoms in total. The number of hydrogen-bond acceptors (Lipinski definition) is 3. The van der Waals surface area contributed by atoms with Crippen molar-refractivity contribution >= 4 is 21.7 Å².